The molecule has 2 rings (SSSR count). The fourth-order valence-electron chi connectivity index (χ4n) is 2.35. The normalized spacial score (nSPS) is 25.9. The second kappa shape index (κ2) is 5.87. The predicted octanol–water partition coefficient (Wildman–Crippen LogP) is 1.83. The van der Waals surface area contributed by atoms with E-state index >= 15 is 0 Å². The Kier molecular flexibility index (Phi) is 4.20. The molecule has 0 spiro atoms. The highest BCUT2D eigenvalue weighted by Crippen LogP contribution is 2.18. The van der Waals surface area contributed by atoms with Gasteiger partial charge in [0.05, 0.1) is 17.7 Å². The van der Waals surface area contributed by atoms with Gasteiger partial charge >= 0.3 is 0 Å². The average Bonchev–Trinajstić information content (AvgIpc) is 2.82. The molecule has 94 valence electrons. The second-order valence-corrected chi connectivity index (χ2v) is 4.74. The van der Waals surface area contributed by atoms with E-state index in [2.05, 4.69) is 10.3 Å². The van der Waals surface area contributed by atoms with Crippen LogP contribution in [0, 0.1) is 0 Å². The molecule has 4 heteroatoms. The number of amides is 1. The lowest BCUT2D eigenvalue weighted by Gasteiger charge is -2.26. The van der Waals surface area contributed by atoms with Crippen molar-refractivity contribution < 1.29 is 9.90 Å². The van der Waals surface area contributed by atoms with Crippen molar-refractivity contribution in [2.24, 2.45) is 0 Å². The van der Waals surface area contributed by atoms with Crippen molar-refractivity contribution in [2.45, 2.75) is 50.7 Å². The third-order valence-electron chi connectivity index (χ3n) is 3.41. The first-order chi connectivity index (χ1) is 8.27. The number of aromatic nitrogens is 1. The molecular weight excluding hydrogens is 216 g/mol. The standard InChI is InChI=1S/C13H20N2O2/c16-12-6-4-2-1-3-5-11(12)15-13(17)10-7-8-14-9-10/h7-9,11-12,14,16H,1-6H2,(H,15,17)/t11-,12-/m0/s1. The Labute approximate surface area is 101 Å². The smallest absolute Gasteiger partial charge is 0.253 e. The van der Waals surface area contributed by atoms with Gasteiger partial charge < -0.3 is 15.4 Å². The van der Waals surface area contributed by atoms with E-state index < -0.39 is 6.10 Å². The van der Waals surface area contributed by atoms with Crippen molar-refractivity contribution in [1.29, 1.82) is 0 Å². The lowest BCUT2D eigenvalue weighted by Crippen LogP contribution is -2.43. The van der Waals surface area contributed by atoms with E-state index in [0.717, 1.165) is 25.7 Å². The number of aliphatic hydroxyl groups excluding tert-OH is 1. The number of hydrogen-bond acceptors (Lipinski definition) is 2. The van der Waals surface area contributed by atoms with E-state index in [1.165, 1.54) is 12.8 Å². The fraction of sp³-hybridized carbons (Fsp3) is 0.615. The molecule has 1 fully saturated rings. The Hall–Kier alpha value is -1.29. The van der Waals surface area contributed by atoms with Gasteiger partial charge in [-0.1, -0.05) is 25.7 Å². The Balaban J connectivity index is 1.93. The molecule has 0 bridgehead atoms. The molecule has 1 aliphatic rings. The molecule has 1 saturated carbocycles. The van der Waals surface area contributed by atoms with Crippen molar-refractivity contribution in [3.63, 3.8) is 0 Å². The van der Waals surface area contributed by atoms with Crippen LogP contribution in [-0.4, -0.2) is 28.1 Å². The Morgan fingerprint density at radius 2 is 2.06 bits per heavy atom. The molecule has 1 amide bonds. The van der Waals surface area contributed by atoms with Gasteiger partial charge in [0.25, 0.3) is 5.91 Å². The molecule has 1 heterocycles. The quantitative estimate of drug-likeness (QED) is 0.733. The van der Waals surface area contributed by atoms with Crippen molar-refractivity contribution in [1.82, 2.24) is 10.3 Å². The molecule has 2 atom stereocenters. The van der Waals surface area contributed by atoms with E-state index in [1.807, 2.05) is 0 Å². The van der Waals surface area contributed by atoms with E-state index in [4.69, 9.17) is 0 Å². The summed E-state index contributed by atoms with van der Waals surface area (Å²) in [4.78, 5) is 14.7. The number of carbonyl (C=O) groups is 1. The average molecular weight is 236 g/mol. The third-order valence-corrected chi connectivity index (χ3v) is 3.41. The van der Waals surface area contributed by atoms with Crippen molar-refractivity contribution in [3.05, 3.63) is 24.0 Å². The van der Waals surface area contributed by atoms with Crippen LogP contribution in [0.1, 0.15) is 48.9 Å². The maximum absolute atomic E-state index is 11.9. The fourth-order valence-corrected chi connectivity index (χ4v) is 2.35. The van der Waals surface area contributed by atoms with Gasteiger partial charge in [0.1, 0.15) is 0 Å². The molecule has 0 unspecified atom stereocenters. The Morgan fingerprint density at radius 1 is 1.29 bits per heavy atom. The summed E-state index contributed by atoms with van der Waals surface area (Å²) in [6, 6.07) is 1.64. The van der Waals surface area contributed by atoms with Crippen LogP contribution in [0.25, 0.3) is 0 Å². The lowest BCUT2D eigenvalue weighted by atomic mass is 9.94. The van der Waals surface area contributed by atoms with Gasteiger partial charge in [0.2, 0.25) is 0 Å². The summed E-state index contributed by atoms with van der Waals surface area (Å²) >= 11 is 0. The first-order valence-corrected chi connectivity index (χ1v) is 6.39. The van der Waals surface area contributed by atoms with E-state index in [-0.39, 0.29) is 11.9 Å². The van der Waals surface area contributed by atoms with Crippen molar-refractivity contribution >= 4 is 5.91 Å². The highest BCUT2D eigenvalue weighted by molar-refractivity contribution is 5.94. The van der Waals surface area contributed by atoms with Crippen molar-refractivity contribution in [3.8, 4) is 0 Å². The van der Waals surface area contributed by atoms with Gasteiger partial charge in [-0.2, -0.15) is 0 Å². The summed E-state index contributed by atoms with van der Waals surface area (Å²) in [6.45, 7) is 0. The topological polar surface area (TPSA) is 65.1 Å². The third kappa shape index (κ3) is 3.33. The largest absolute Gasteiger partial charge is 0.391 e. The van der Waals surface area contributed by atoms with Gasteiger partial charge in [0.15, 0.2) is 0 Å². The predicted molar refractivity (Wildman–Crippen MR) is 65.8 cm³/mol. The van der Waals surface area contributed by atoms with Crippen LogP contribution in [0.4, 0.5) is 0 Å². The zero-order chi connectivity index (χ0) is 12.1. The van der Waals surface area contributed by atoms with Crippen LogP contribution in [0.15, 0.2) is 18.5 Å². The number of aromatic amines is 1. The zero-order valence-corrected chi connectivity index (χ0v) is 9.98. The molecule has 0 radical (unpaired) electrons. The first kappa shape index (κ1) is 12.2. The minimum atomic E-state index is -0.404. The summed E-state index contributed by atoms with van der Waals surface area (Å²) < 4.78 is 0. The number of nitrogens with one attached hydrogen (secondary N) is 2. The zero-order valence-electron chi connectivity index (χ0n) is 9.98. The molecule has 0 aliphatic heterocycles. The molecule has 1 aromatic heterocycles. The summed E-state index contributed by atoms with van der Waals surface area (Å²) in [5, 5.41) is 12.9. The molecule has 1 aliphatic carbocycles. The molecule has 0 saturated heterocycles. The second-order valence-electron chi connectivity index (χ2n) is 4.74. The van der Waals surface area contributed by atoms with Crippen LogP contribution in [0.2, 0.25) is 0 Å². The molecule has 0 aromatic carbocycles. The molecule has 17 heavy (non-hydrogen) atoms. The summed E-state index contributed by atoms with van der Waals surface area (Å²) in [6.07, 6.45) is 9.17. The number of carbonyl (C=O) groups excluding carboxylic acids is 1. The maximum atomic E-state index is 11.9. The minimum Gasteiger partial charge on any atom is -0.391 e. The maximum Gasteiger partial charge on any atom is 0.253 e. The Morgan fingerprint density at radius 3 is 2.76 bits per heavy atom. The van der Waals surface area contributed by atoms with E-state index in [1.54, 1.807) is 18.5 Å². The Bertz CT molecular complexity index is 348. The summed E-state index contributed by atoms with van der Waals surface area (Å²) in [7, 11) is 0. The highest BCUT2D eigenvalue weighted by Gasteiger charge is 2.22. The summed E-state index contributed by atoms with van der Waals surface area (Å²) in [5.41, 5.74) is 0.624. The van der Waals surface area contributed by atoms with Gasteiger partial charge in [0, 0.05) is 12.4 Å². The van der Waals surface area contributed by atoms with Crippen LogP contribution < -0.4 is 5.32 Å². The van der Waals surface area contributed by atoms with Crippen molar-refractivity contribution in [2.75, 3.05) is 0 Å². The molecule has 3 N–H and O–H groups in total. The minimum absolute atomic E-state index is 0.0994. The van der Waals surface area contributed by atoms with Crippen LogP contribution >= 0.6 is 0 Å². The van der Waals surface area contributed by atoms with Crippen LogP contribution in [0.5, 0.6) is 0 Å². The first-order valence-electron chi connectivity index (χ1n) is 6.39. The highest BCUT2D eigenvalue weighted by atomic mass is 16.3. The van der Waals surface area contributed by atoms with Gasteiger partial charge in [-0.15, -0.1) is 0 Å². The van der Waals surface area contributed by atoms with Crippen LogP contribution in [-0.2, 0) is 0 Å². The molecule has 4 nitrogen and oxygen atoms in total. The number of aliphatic hydroxyl groups is 1. The van der Waals surface area contributed by atoms with E-state index in [9.17, 15) is 9.90 Å². The lowest BCUT2D eigenvalue weighted by molar-refractivity contribution is 0.0771. The van der Waals surface area contributed by atoms with Gasteiger partial charge in [-0.3, -0.25) is 4.79 Å². The van der Waals surface area contributed by atoms with Gasteiger partial charge in [-0.25, -0.2) is 0 Å². The molecule has 1 aromatic rings. The molecular formula is C13H20N2O2. The number of H-pyrrole nitrogens is 1. The monoisotopic (exact) mass is 236 g/mol. The SMILES string of the molecule is O=C(N[C@H]1CCCCCC[C@@H]1O)c1cc[nH]c1. The number of hydrogen-bond donors (Lipinski definition) is 3. The summed E-state index contributed by atoms with van der Waals surface area (Å²) in [5.74, 6) is -0.101. The van der Waals surface area contributed by atoms with Gasteiger partial charge in [-0.05, 0) is 18.9 Å². The van der Waals surface area contributed by atoms with Crippen LogP contribution in [0.3, 0.4) is 0 Å². The number of rotatable bonds is 2. The van der Waals surface area contributed by atoms with E-state index in [0.29, 0.717) is 5.56 Å².